The van der Waals surface area contributed by atoms with E-state index in [0.29, 0.717) is 12.8 Å². The van der Waals surface area contributed by atoms with Crippen molar-refractivity contribution in [3.05, 3.63) is 0 Å². The molecule has 0 rings (SSSR count). The molecule has 0 aromatic carbocycles. The van der Waals surface area contributed by atoms with E-state index in [-0.39, 0.29) is 25.7 Å². The van der Waals surface area contributed by atoms with Crippen molar-refractivity contribution in [2.75, 3.05) is 26.4 Å². The van der Waals surface area contributed by atoms with E-state index in [2.05, 4.69) is 19.2 Å². The number of phosphoric acid groups is 1. The number of esters is 1. The Balaban J connectivity index is 3.46. The second-order valence-electron chi connectivity index (χ2n) is 20.3. The Morgan fingerprint density at radius 2 is 0.672 bits per heavy atom. The Morgan fingerprint density at radius 1 is 0.403 bits per heavy atom. The van der Waals surface area contributed by atoms with Gasteiger partial charge in [0.15, 0.2) is 0 Å². The monoisotopic (exact) mass is 972 g/mol. The topological polar surface area (TPSA) is 131 Å². The second kappa shape index (κ2) is 54.3. The van der Waals surface area contributed by atoms with Gasteiger partial charge in [-0.1, -0.05) is 296 Å². The zero-order valence-corrected chi connectivity index (χ0v) is 45.5. The number of hydrogen-bond donors (Lipinski definition) is 3. The number of aliphatic hydroxyl groups excluding tert-OH is 1. The number of amides is 1. The summed E-state index contributed by atoms with van der Waals surface area (Å²) >= 11 is 0. The van der Waals surface area contributed by atoms with Gasteiger partial charge in [0.25, 0.3) is 0 Å². The van der Waals surface area contributed by atoms with E-state index in [9.17, 15) is 24.2 Å². The molecule has 2 atom stereocenters. The molecule has 0 saturated carbocycles. The Labute approximate surface area is 416 Å². The van der Waals surface area contributed by atoms with Crippen LogP contribution >= 0.6 is 7.82 Å². The minimum Gasteiger partial charge on any atom is -0.463 e. The third-order valence-electron chi connectivity index (χ3n) is 13.5. The predicted octanol–water partition coefficient (Wildman–Crippen LogP) is 17.9. The molecule has 10 heteroatoms. The summed E-state index contributed by atoms with van der Waals surface area (Å²) in [6, 6.07) is 0. The van der Waals surface area contributed by atoms with Crippen LogP contribution in [0, 0.1) is 0 Å². The van der Waals surface area contributed by atoms with Crippen molar-refractivity contribution in [1.82, 2.24) is 5.32 Å². The first-order valence-corrected chi connectivity index (χ1v) is 31.0. The number of nitrogens with one attached hydrogen (secondary N) is 1. The average Bonchev–Trinajstić information content (AvgIpc) is 3.32. The summed E-state index contributed by atoms with van der Waals surface area (Å²) in [5.41, 5.74) is 0. The van der Waals surface area contributed by atoms with Crippen LogP contribution in [0.5, 0.6) is 0 Å². The number of carbonyl (C=O) groups excluding carboxylic acids is 2. The molecule has 3 N–H and O–H groups in total. The molecule has 0 bridgehead atoms. The summed E-state index contributed by atoms with van der Waals surface area (Å²) in [6.07, 6.45) is 60.7. The highest BCUT2D eigenvalue weighted by atomic mass is 31.2. The third-order valence-corrected chi connectivity index (χ3v) is 14.5. The third kappa shape index (κ3) is 55.8. The first-order chi connectivity index (χ1) is 32.8. The van der Waals surface area contributed by atoms with Gasteiger partial charge in [0.05, 0.1) is 13.2 Å². The highest BCUT2D eigenvalue weighted by Crippen LogP contribution is 2.43. The molecule has 0 saturated heterocycles. The van der Waals surface area contributed by atoms with Gasteiger partial charge in [-0.3, -0.25) is 18.6 Å². The van der Waals surface area contributed by atoms with Crippen LogP contribution in [0.4, 0.5) is 0 Å². The van der Waals surface area contributed by atoms with Crippen molar-refractivity contribution in [2.45, 2.75) is 328 Å². The Morgan fingerprint density at radius 3 is 0.970 bits per heavy atom. The second-order valence-corrected chi connectivity index (χ2v) is 21.8. The smallest absolute Gasteiger partial charge is 0.463 e. The standard InChI is InChI=1S/C57H114NO8P/c1-3-5-7-9-11-13-15-17-19-21-23-25-27-28-29-31-33-35-37-39-41-43-45-47-49-56(60)58-51-52-65-67(62,63)66-54-55(59)53-64-57(61)50-48-46-44-42-40-38-36-34-32-30-26-24-22-20-18-16-14-12-10-8-6-4-2/h55,59H,3-54H2,1-2H3,(H,58,60)(H,62,63). The number of ether oxygens (including phenoxy) is 1. The van der Waals surface area contributed by atoms with Crippen molar-refractivity contribution in [3.63, 3.8) is 0 Å². The number of carbonyl (C=O) groups is 2. The number of rotatable bonds is 57. The van der Waals surface area contributed by atoms with Gasteiger partial charge in [-0.15, -0.1) is 0 Å². The lowest BCUT2D eigenvalue weighted by atomic mass is 10.0. The lowest BCUT2D eigenvalue weighted by Crippen LogP contribution is -2.27. The van der Waals surface area contributed by atoms with Gasteiger partial charge in [0, 0.05) is 19.4 Å². The van der Waals surface area contributed by atoms with Crippen LogP contribution in [0.15, 0.2) is 0 Å². The van der Waals surface area contributed by atoms with Gasteiger partial charge in [-0.2, -0.15) is 0 Å². The quantitative estimate of drug-likeness (QED) is 0.0312. The van der Waals surface area contributed by atoms with Gasteiger partial charge in [-0.05, 0) is 12.8 Å². The first-order valence-electron chi connectivity index (χ1n) is 29.5. The van der Waals surface area contributed by atoms with E-state index in [1.807, 2.05) is 0 Å². The fourth-order valence-electron chi connectivity index (χ4n) is 9.09. The molecule has 0 aromatic heterocycles. The highest BCUT2D eigenvalue weighted by Gasteiger charge is 2.23. The van der Waals surface area contributed by atoms with Crippen LogP contribution in [0.25, 0.3) is 0 Å². The van der Waals surface area contributed by atoms with Gasteiger partial charge < -0.3 is 20.1 Å². The van der Waals surface area contributed by atoms with E-state index >= 15 is 0 Å². The molecular weight excluding hydrogens is 858 g/mol. The summed E-state index contributed by atoms with van der Waals surface area (Å²) in [4.78, 5) is 34.2. The molecule has 0 spiro atoms. The van der Waals surface area contributed by atoms with Gasteiger partial charge in [-0.25, -0.2) is 4.57 Å². The maximum absolute atomic E-state index is 12.2. The van der Waals surface area contributed by atoms with Crippen molar-refractivity contribution < 1.29 is 37.9 Å². The summed E-state index contributed by atoms with van der Waals surface area (Å²) in [5.74, 6) is -0.494. The number of unbranched alkanes of at least 4 members (excludes halogenated alkanes) is 44. The fraction of sp³-hybridized carbons (Fsp3) is 0.965. The molecule has 2 unspecified atom stereocenters. The Kier molecular flexibility index (Phi) is 53.5. The summed E-state index contributed by atoms with van der Waals surface area (Å²) in [6.45, 7) is 3.65. The fourth-order valence-corrected chi connectivity index (χ4v) is 9.85. The molecule has 0 aliphatic heterocycles. The maximum Gasteiger partial charge on any atom is 0.472 e. The maximum atomic E-state index is 12.2. The summed E-state index contributed by atoms with van der Waals surface area (Å²) in [5, 5.41) is 12.8. The molecule has 0 fully saturated rings. The van der Waals surface area contributed by atoms with Crippen LogP contribution in [0.2, 0.25) is 0 Å². The van der Waals surface area contributed by atoms with E-state index in [1.165, 1.54) is 257 Å². The minimum absolute atomic E-state index is 0.0892. The minimum atomic E-state index is -4.42. The molecule has 0 aliphatic carbocycles. The molecule has 400 valence electrons. The zero-order chi connectivity index (χ0) is 48.8. The van der Waals surface area contributed by atoms with E-state index < -0.39 is 26.5 Å². The predicted molar refractivity (Wildman–Crippen MR) is 285 cm³/mol. The molecular formula is C57H114NO8P. The van der Waals surface area contributed by atoms with Crippen LogP contribution in [0.1, 0.15) is 322 Å². The van der Waals surface area contributed by atoms with Gasteiger partial charge in [0.1, 0.15) is 12.7 Å². The van der Waals surface area contributed by atoms with E-state index in [1.54, 1.807) is 0 Å². The molecule has 0 heterocycles. The van der Waals surface area contributed by atoms with Crippen molar-refractivity contribution in [3.8, 4) is 0 Å². The number of hydrogen-bond acceptors (Lipinski definition) is 7. The SMILES string of the molecule is CCCCCCCCCCCCCCCCCCCCCCCCCCC(=O)NCCOP(=O)(O)OCC(O)COC(=O)CCCCCCCCCCCCCCCCCCCCCCCC. The lowest BCUT2D eigenvalue weighted by molar-refractivity contribution is -0.147. The van der Waals surface area contributed by atoms with Crippen molar-refractivity contribution >= 4 is 19.7 Å². The summed E-state index contributed by atoms with van der Waals surface area (Å²) in [7, 11) is -4.42. The average molecular weight is 973 g/mol. The highest BCUT2D eigenvalue weighted by molar-refractivity contribution is 7.47. The molecule has 0 radical (unpaired) electrons. The molecule has 67 heavy (non-hydrogen) atoms. The zero-order valence-electron chi connectivity index (χ0n) is 44.6. The summed E-state index contributed by atoms with van der Waals surface area (Å²) < 4.78 is 27.1. The Hall–Kier alpha value is -0.990. The van der Waals surface area contributed by atoms with Crippen LogP contribution < -0.4 is 5.32 Å². The molecule has 0 aliphatic rings. The van der Waals surface area contributed by atoms with Crippen LogP contribution in [0.3, 0.4) is 0 Å². The van der Waals surface area contributed by atoms with Crippen LogP contribution in [-0.4, -0.2) is 54.3 Å². The largest absolute Gasteiger partial charge is 0.472 e. The molecule has 1 amide bonds. The van der Waals surface area contributed by atoms with Gasteiger partial charge >= 0.3 is 13.8 Å². The normalized spacial score (nSPS) is 13.0. The van der Waals surface area contributed by atoms with Crippen molar-refractivity contribution in [1.29, 1.82) is 0 Å². The lowest BCUT2D eigenvalue weighted by Gasteiger charge is -2.15. The van der Waals surface area contributed by atoms with Crippen molar-refractivity contribution in [2.24, 2.45) is 0 Å². The number of phosphoric ester groups is 1. The Bertz CT molecular complexity index is 1060. The van der Waals surface area contributed by atoms with E-state index in [0.717, 1.165) is 38.5 Å². The molecule has 0 aromatic rings. The first kappa shape index (κ1) is 66.0. The van der Waals surface area contributed by atoms with Gasteiger partial charge in [0.2, 0.25) is 5.91 Å². The van der Waals surface area contributed by atoms with Crippen LogP contribution in [-0.2, 0) is 27.9 Å². The molecule has 9 nitrogen and oxygen atoms in total. The van der Waals surface area contributed by atoms with E-state index in [4.69, 9.17) is 13.8 Å². The number of aliphatic hydroxyl groups is 1.